The predicted octanol–water partition coefficient (Wildman–Crippen LogP) is 2.51. The van der Waals surface area contributed by atoms with E-state index >= 15 is 0 Å². The molecule has 0 amide bonds. The third kappa shape index (κ3) is 3.32. The zero-order valence-corrected chi connectivity index (χ0v) is 11.3. The normalized spacial score (nSPS) is 22.6. The molecule has 1 aromatic rings. The Hall–Kier alpha value is -0.830. The van der Waals surface area contributed by atoms with Crippen molar-refractivity contribution in [1.82, 2.24) is 9.78 Å². The van der Waals surface area contributed by atoms with Crippen molar-refractivity contribution in [2.45, 2.75) is 52.0 Å². The third-order valence-corrected chi connectivity index (χ3v) is 4.22. The highest BCUT2D eigenvalue weighted by molar-refractivity contribution is 5.06. The van der Waals surface area contributed by atoms with Gasteiger partial charge < -0.3 is 5.73 Å². The van der Waals surface area contributed by atoms with E-state index < -0.39 is 0 Å². The van der Waals surface area contributed by atoms with E-state index in [0.717, 1.165) is 6.42 Å². The zero-order chi connectivity index (χ0) is 12.5. The number of hydrogen-bond donors (Lipinski definition) is 1. The van der Waals surface area contributed by atoms with Gasteiger partial charge in [0.1, 0.15) is 0 Å². The molecule has 0 radical (unpaired) electrons. The molecule has 1 unspecified atom stereocenters. The molecule has 3 nitrogen and oxygen atoms in total. The lowest BCUT2D eigenvalue weighted by Crippen LogP contribution is -2.36. The van der Waals surface area contributed by atoms with Crippen LogP contribution in [0.4, 0.5) is 0 Å². The molecular weight excluding hydrogens is 210 g/mol. The summed E-state index contributed by atoms with van der Waals surface area (Å²) in [6.45, 7) is 4.74. The molecule has 0 aromatic carbocycles. The lowest BCUT2D eigenvalue weighted by Gasteiger charge is -2.36. The molecule has 0 aliphatic heterocycles. The van der Waals surface area contributed by atoms with Gasteiger partial charge in [-0.15, -0.1) is 0 Å². The average molecular weight is 235 g/mol. The fourth-order valence-corrected chi connectivity index (χ4v) is 2.87. The van der Waals surface area contributed by atoms with Crippen LogP contribution < -0.4 is 5.73 Å². The maximum Gasteiger partial charge on any atom is 0.0522 e. The molecule has 0 bridgehead atoms. The van der Waals surface area contributed by atoms with Crippen molar-refractivity contribution >= 4 is 0 Å². The molecule has 96 valence electrons. The van der Waals surface area contributed by atoms with Gasteiger partial charge >= 0.3 is 0 Å². The molecular formula is C14H25N3. The van der Waals surface area contributed by atoms with Crippen molar-refractivity contribution in [2.75, 3.05) is 0 Å². The minimum Gasteiger partial charge on any atom is -0.327 e. The Labute approximate surface area is 104 Å². The Kier molecular flexibility index (Phi) is 3.57. The van der Waals surface area contributed by atoms with E-state index in [4.69, 9.17) is 5.73 Å². The van der Waals surface area contributed by atoms with Gasteiger partial charge in [-0.05, 0) is 49.0 Å². The molecule has 1 aliphatic carbocycles. The summed E-state index contributed by atoms with van der Waals surface area (Å²) < 4.78 is 1.85. The second-order valence-corrected chi connectivity index (χ2v) is 6.39. The van der Waals surface area contributed by atoms with Gasteiger partial charge in [0.15, 0.2) is 0 Å². The average Bonchev–Trinajstić information content (AvgIpc) is 2.63. The van der Waals surface area contributed by atoms with Crippen LogP contribution in [0.15, 0.2) is 12.4 Å². The van der Waals surface area contributed by atoms with Gasteiger partial charge in [-0.3, -0.25) is 4.68 Å². The van der Waals surface area contributed by atoms with Crippen LogP contribution in [-0.2, 0) is 13.5 Å². The summed E-state index contributed by atoms with van der Waals surface area (Å²) in [5.74, 6) is 0.697. The molecule has 3 heteroatoms. The van der Waals surface area contributed by atoms with Gasteiger partial charge in [-0.25, -0.2) is 0 Å². The summed E-state index contributed by atoms with van der Waals surface area (Å²) >= 11 is 0. The predicted molar refractivity (Wildman–Crippen MR) is 70.6 cm³/mol. The van der Waals surface area contributed by atoms with Gasteiger partial charge in [0.05, 0.1) is 6.20 Å². The van der Waals surface area contributed by atoms with Gasteiger partial charge in [-0.1, -0.05) is 13.8 Å². The highest BCUT2D eigenvalue weighted by atomic mass is 15.2. The van der Waals surface area contributed by atoms with E-state index in [1.807, 2.05) is 17.9 Å². The van der Waals surface area contributed by atoms with Gasteiger partial charge in [0, 0.05) is 19.3 Å². The molecule has 2 rings (SSSR count). The first kappa shape index (κ1) is 12.6. The number of aryl methyl sites for hydroxylation is 1. The first-order chi connectivity index (χ1) is 7.96. The standard InChI is InChI=1S/C14H25N3/c1-14(2)6-4-12(5-7-14)13(15)8-11-9-16-17(3)10-11/h9-10,12-13H,4-8,15H2,1-3H3. The summed E-state index contributed by atoms with van der Waals surface area (Å²) in [4.78, 5) is 0. The van der Waals surface area contributed by atoms with Gasteiger partial charge in [-0.2, -0.15) is 5.10 Å². The Morgan fingerprint density at radius 3 is 2.65 bits per heavy atom. The number of aromatic nitrogens is 2. The number of hydrogen-bond acceptors (Lipinski definition) is 2. The van der Waals surface area contributed by atoms with Crippen LogP contribution >= 0.6 is 0 Å². The fraction of sp³-hybridized carbons (Fsp3) is 0.786. The van der Waals surface area contributed by atoms with Crippen molar-refractivity contribution in [3.8, 4) is 0 Å². The number of rotatable bonds is 3. The molecule has 1 fully saturated rings. The summed E-state index contributed by atoms with van der Waals surface area (Å²) in [5.41, 5.74) is 8.14. The van der Waals surface area contributed by atoms with Crippen LogP contribution in [0, 0.1) is 11.3 Å². The highest BCUT2D eigenvalue weighted by Crippen LogP contribution is 2.39. The minimum atomic E-state index is 0.301. The van der Waals surface area contributed by atoms with Gasteiger partial charge in [0.2, 0.25) is 0 Å². The van der Waals surface area contributed by atoms with Gasteiger partial charge in [0.25, 0.3) is 0 Å². The van der Waals surface area contributed by atoms with Crippen LogP contribution in [0.1, 0.15) is 45.1 Å². The molecule has 1 aromatic heterocycles. The third-order valence-electron chi connectivity index (χ3n) is 4.22. The van der Waals surface area contributed by atoms with E-state index in [2.05, 4.69) is 25.1 Å². The lowest BCUT2D eigenvalue weighted by molar-refractivity contribution is 0.173. The second kappa shape index (κ2) is 4.81. The number of nitrogens with two attached hydrogens (primary N) is 1. The Bertz CT molecular complexity index is 357. The quantitative estimate of drug-likeness (QED) is 0.875. The molecule has 0 spiro atoms. The van der Waals surface area contributed by atoms with E-state index in [-0.39, 0.29) is 0 Å². The van der Waals surface area contributed by atoms with E-state index in [1.54, 1.807) is 0 Å². The summed E-state index contributed by atoms with van der Waals surface area (Å²) in [7, 11) is 1.96. The second-order valence-electron chi connectivity index (χ2n) is 6.39. The molecule has 17 heavy (non-hydrogen) atoms. The number of nitrogens with zero attached hydrogens (tertiary/aromatic N) is 2. The topological polar surface area (TPSA) is 43.8 Å². The van der Waals surface area contributed by atoms with Crippen LogP contribution in [-0.4, -0.2) is 15.8 Å². The van der Waals surface area contributed by atoms with E-state index in [1.165, 1.54) is 31.2 Å². The summed E-state index contributed by atoms with van der Waals surface area (Å²) in [5, 5.41) is 4.20. The van der Waals surface area contributed by atoms with Crippen molar-refractivity contribution in [3.63, 3.8) is 0 Å². The minimum absolute atomic E-state index is 0.301. The Balaban J connectivity index is 1.87. The van der Waals surface area contributed by atoms with Crippen LogP contribution in [0.3, 0.4) is 0 Å². The summed E-state index contributed by atoms with van der Waals surface area (Å²) in [6.07, 6.45) is 10.2. The molecule has 2 N–H and O–H groups in total. The first-order valence-corrected chi connectivity index (χ1v) is 6.69. The Morgan fingerprint density at radius 1 is 1.47 bits per heavy atom. The lowest BCUT2D eigenvalue weighted by atomic mass is 9.70. The van der Waals surface area contributed by atoms with Crippen LogP contribution in [0.25, 0.3) is 0 Å². The first-order valence-electron chi connectivity index (χ1n) is 6.69. The van der Waals surface area contributed by atoms with E-state index in [9.17, 15) is 0 Å². The fourth-order valence-electron chi connectivity index (χ4n) is 2.87. The molecule has 1 aliphatic rings. The zero-order valence-electron chi connectivity index (χ0n) is 11.3. The highest BCUT2D eigenvalue weighted by Gasteiger charge is 2.29. The van der Waals surface area contributed by atoms with Crippen molar-refractivity contribution in [3.05, 3.63) is 18.0 Å². The maximum absolute atomic E-state index is 6.34. The van der Waals surface area contributed by atoms with Crippen molar-refractivity contribution < 1.29 is 0 Å². The molecule has 1 heterocycles. The monoisotopic (exact) mass is 235 g/mol. The SMILES string of the molecule is Cn1cc(CC(N)C2CCC(C)(C)CC2)cn1. The van der Waals surface area contributed by atoms with E-state index in [0.29, 0.717) is 17.4 Å². The summed E-state index contributed by atoms with van der Waals surface area (Å²) in [6, 6.07) is 0.301. The smallest absolute Gasteiger partial charge is 0.0522 e. The molecule has 0 saturated heterocycles. The van der Waals surface area contributed by atoms with Crippen molar-refractivity contribution in [1.29, 1.82) is 0 Å². The van der Waals surface area contributed by atoms with Crippen LogP contribution in [0.5, 0.6) is 0 Å². The molecule has 1 atom stereocenters. The largest absolute Gasteiger partial charge is 0.327 e. The molecule has 1 saturated carbocycles. The maximum atomic E-state index is 6.34. The van der Waals surface area contributed by atoms with Crippen LogP contribution in [0.2, 0.25) is 0 Å². The van der Waals surface area contributed by atoms with Crippen molar-refractivity contribution in [2.24, 2.45) is 24.1 Å². The Morgan fingerprint density at radius 2 is 2.12 bits per heavy atom.